The van der Waals surface area contributed by atoms with Crippen molar-refractivity contribution in [2.75, 3.05) is 46.6 Å². The van der Waals surface area contributed by atoms with Crippen molar-refractivity contribution >= 4 is 12.1 Å². The lowest BCUT2D eigenvalue weighted by Gasteiger charge is -2.38. The Morgan fingerprint density at radius 1 is 0.765 bits per heavy atom. The Labute approximate surface area is 299 Å². The van der Waals surface area contributed by atoms with Gasteiger partial charge in [0.1, 0.15) is 30.5 Å². The van der Waals surface area contributed by atoms with Gasteiger partial charge < -0.3 is 38.4 Å². The van der Waals surface area contributed by atoms with E-state index < -0.39 is 5.97 Å². The smallest absolute Gasteiger partial charge is 0.410 e. The molecule has 1 heterocycles. The molecule has 1 N–H and O–H groups in total. The first-order chi connectivity index (χ1) is 25.0. The first-order valence-corrected chi connectivity index (χ1v) is 17.4. The summed E-state index contributed by atoms with van der Waals surface area (Å²) >= 11 is 0. The zero-order chi connectivity index (χ0) is 35.7. The number of amides is 1. The summed E-state index contributed by atoms with van der Waals surface area (Å²) in [6.07, 6.45) is 1.20. The normalized spacial score (nSPS) is 15.6. The molecule has 51 heavy (non-hydrogen) atoms. The molecule has 0 spiro atoms. The van der Waals surface area contributed by atoms with Gasteiger partial charge in [-0.2, -0.15) is 0 Å². The molecule has 1 saturated heterocycles. The zero-order valence-corrected chi connectivity index (χ0v) is 29.1. The number of carbonyl (C=O) groups is 2. The largest absolute Gasteiger partial charge is 0.496 e. The maximum Gasteiger partial charge on any atom is 0.410 e. The summed E-state index contributed by atoms with van der Waals surface area (Å²) in [4.78, 5) is 25.9. The third-order valence-electron chi connectivity index (χ3n) is 8.74. The van der Waals surface area contributed by atoms with E-state index in [-0.39, 0.29) is 37.7 Å². The van der Waals surface area contributed by atoms with Crippen LogP contribution in [0.1, 0.15) is 47.4 Å². The second kappa shape index (κ2) is 20.0. The number of piperidine rings is 1. The van der Waals surface area contributed by atoms with Gasteiger partial charge >= 0.3 is 12.1 Å². The maximum atomic E-state index is 13.1. The Morgan fingerprint density at radius 3 is 2.25 bits per heavy atom. The van der Waals surface area contributed by atoms with Gasteiger partial charge in [0.25, 0.3) is 0 Å². The van der Waals surface area contributed by atoms with Crippen molar-refractivity contribution in [2.45, 2.75) is 50.9 Å². The molecule has 4 aromatic rings. The Kier molecular flexibility index (Phi) is 14.6. The Hall–Kier alpha value is -5.06. The molecule has 1 amide bonds. The molecule has 0 saturated carbocycles. The van der Waals surface area contributed by atoms with Crippen LogP contribution in [-0.4, -0.2) is 74.8 Å². The molecule has 0 aromatic heterocycles. The van der Waals surface area contributed by atoms with Gasteiger partial charge in [-0.05, 0) is 53.8 Å². The van der Waals surface area contributed by atoms with Crippen LogP contribution in [0, 0.1) is 0 Å². The van der Waals surface area contributed by atoms with Crippen LogP contribution in [-0.2, 0) is 38.6 Å². The molecule has 10 nitrogen and oxygen atoms in total. The van der Waals surface area contributed by atoms with Crippen LogP contribution in [0.25, 0.3) is 0 Å². The van der Waals surface area contributed by atoms with Crippen LogP contribution >= 0.6 is 0 Å². The number of benzene rings is 4. The third kappa shape index (κ3) is 11.8. The van der Waals surface area contributed by atoms with Crippen molar-refractivity contribution in [1.82, 2.24) is 4.90 Å². The molecule has 2 unspecified atom stereocenters. The van der Waals surface area contributed by atoms with E-state index in [1.807, 2.05) is 91.0 Å². The molecule has 0 radical (unpaired) electrons. The molecule has 10 heteroatoms. The van der Waals surface area contributed by atoms with Gasteiger partial charge in [0.15, 0.2) is 0 Å². The predicted molar refractivity (Wildman–Crippen MR) is 192 cm³/mol. The highest BCUT2D eigenvalue weighted by Gasteiger charge is 2.34. The minimum atomic E-state index is -0.853. The number of carbonyl (C=O) groups excluding carboxylic acids is 1. The number of aliphatic carboxylic acids is 1. The summed E-state index contributed by atoms with van der Waals surface area (Å²) in [5.41, 5.74) is 3.88. The highest BCUT2D eigenvalue weighted by atomic mass is 16.6. The summed E-state index contributed by atoms with van der Waals surface area (Å²) < 4.78 is 35.3. The first-order valence-electron chi connectivity index (χ1n) is 17.4. The lowest BCUT2D eigenvalue weighted by molar-refractivity contribution is -0.136. The van der Waals surface area contributed by atoms with E-state index in [9.17, 15) is 9.59 Å². The van der Waals surface area contributed by atoms with Gasteiger partial charge in [0, 0.05) is 30.9 Å². The summed E-state index contributed by atoms with van der Waals surface area (Å²) in [5, 5.41) is 9.11. The average molecular weight is 698 g/mol. The van der Waals surface area contributed by atoms with Crippen LogP contribution in [0.15, 0.2) is 103 Å². The topological polar surface area (TPSA) is 113 Å². The number of para-hydroxylation sites is 2. The van der Waals surface area contributed by atoms with E-state index in [1.54, 1.807) is 12.0 Å². The highest BCUT2D eigenvalue weighted by Crippen LogP contribution is 2.32. The second-order valence-electron chi connectivity index (χ2n) is 12.3. The van der Waals surface area contributed by atoms with Crippen LogP contribution in [0.4, 0.5) is 4.79 Å². The van der Waals surface area contributed by atoms with Crippen molar-refractivity contribution in [3.63, 3.8) is 0 Å². The molecule has 2 atom stereocenters. The summed E-state index contributed by atoms with van der Waals surface area (Å²) in [6.45, 7) is 3.27. The van der Waals surface area contributed by atoms with E-state index in [0.29, 0.717) is 58.1 Å². The van der Waals surface area contributed by atoms with Crippen LogP contribution in [0.2, 0.25) is 0 Å². The van der Waals surface area contributed by atoms with Crippen LogP contribution in [0.3, 0.4) is 0 Å². The van der Waals surface area contributed by atoms with Crippen molar-refractivity contribution in [3.8, 4) is 17.2 Å². The third-order valence-corrected chi connectivity index (χ3v) is 8.74. The lowest BCUT2D eigenvalue weighted by Crippen LogP contribution is -2.47. The fourth-order valence-corrected chi connectivity index (χ4v) is 6.05. The van der Waals surface area contributed by atoms with Gasteiger partial charge in [-0.1, -0.05) is 78.9 Å². The Bertz CT molecular complexity index is 1650. The summed E-state index contributed by atoms with van der Waals surface area (Å²) in [5.74, 6) is 1.43. The first kappa shape index (κ1) is 37.2. The van der Waals surface area contributed by atoms with E-state index in [1.165, 1.54) is 0 Å². The highest BCUT2D eigenvalue weighted by molar-refractivity contribution is 5.68. The molecule has 270 valence electrons. The van der Waals surface area contributed by atoms with Crippen LogP contribution < -0.4 is 14.2 Å². The van der Waals surface area contributed by atoms with E-state index in [2.05, 4.69) is 12.1 Å². The number of hydrogen-bond donors (Lipinski definition) is 1. The number of hydrogen-bond acceptors (Lipinski definition) is 8. The van der Waals surface area contributed by atoms with E-state index >= 15 is 0 Å². The number of carboxylic acid groups (broad SMARTS) is 1. The summed E-state index contributed by atoms with van der Waals surface area (Å²) in [6, 6.07) is 33.0. The number of methoxy groups -OCH3 is 1. The second-order valence-corrected chi connectivity index (χ2v) is 12.3. The van der Waals surface area contributed by atoms with Gasteiger partial charge in [0.05, 0.1) is 46.2 Å². The SMILES string of the molecule is COc1ccccc1COCCCOc1ccc(C2CCN(C(=O)OCc3ccccc3)CC2OCCOc2ccccc2CCC(=O)O)cc1. The molecular weight excluding hydrogens is 650 g/mol. The van der Waals surface area contributed by atoms with Crippen LogP contribution in [0.5, 0.6) is 17.2 Å². The van der Waals surface area contributed by atoms with Crippen molar-refractivity contribution in [2.24, 2.45) is 0 Å². The number of ether oxygens (including phenoxy) is 6. The lowest BCUT2D eigenvalue weighted by atomic mass is 9.87. The van der Waals surface area contributed by atoms with Crippen molar-refractivity contribution in [1.29, 1.82) is 0 Å². The molecular formula is C41H47NO9. The summed E-state index contributed by atoms with van der Waals surface area (Å²) in [7, 11) is 1.66. The Morgan fingerprint density at radius 2 is 1.49 bits per heavy atom. The molecule has 4 aromatic carbocycles. The fraction of sp³-hybridized carbons (Fsp3) is 0.366. The number of aryl methyl sites for hydroxylation is 1. The average Bonchev–Trinajstić information content (AvgIpc) is 3.17. The number of rotatable bonds is 19. The maximum absolute atomic E-state index is 13.1. The molecule has 0 bridgehead atoms. The monoisotopic (exact) mass is 697 g/mol. The van der Waals surface area contributed by atoms with E-state index in [4.69, 9.17) is 33.5 Å². The molecule has 0 aliphatic carbocycles. The number of carboxylic acids is 1. The quantitative estimate of drug-likeness (QED) is 0.101. The molecule has 1 aliphatic heterocycles. The molecule has 1 aliphatic rings. The fourth-order valence-electron chi connectivity index (χ4n) is 6.05. The predicted octanol–water partition coefficient (Wildman–Crippen LogP) is 7.29. The standard InChI is InChI=1S/C41H47NO9/c1-46-37-14-7-6-13-34(37)30-47-24-9-25-48-35-19-16-32(17-20-35)36-22-23-42(41(45)51-29-31-10-3-2-4-11-31)28-39(36)50-27-26-49-38-15-8-5-12-33(38)18-21-40(43)44/h2-8,10-17,19-20,36,39H,9,18,21-30H2,1H3,(H,43,44). The number of nitrogens with zero attached hydrogens (tertiary/aromatic N) is 1. The number of likely N-dealkylation sites (tertiary alicyclic amines) is 1. The van der Waals surface area contributed by atoms with Gasteiger partial charge in [0.2, 0.25) is 0 Å². The Balaban J connectivity index is 1.14. The molecule has 5 rings (SSSR count). The van der Waals surface area contributed by atoms with Gasteiger partial charge in [-0.25, -0.2) is 4.79 Å². The van der Waals surface area contributed by atoms with E-state index in [0.717, 1.165) is 40.2 Å². The van der Waals surface area contributed by atoms with Crippen molar-refractivity contribution < 1.29 is 43.1 Å². The molecule has 1 fully saturated rings. The zero-order valence-electron chi connectivity index (χ0n) is 29.1. The minimum Gasteiger partial charge on any atom is -0.496 e. The van der Waals surface area contributed by atoms with Crippen molar-refractivity contribution in [3.05, 3.63) is 125 Å². The van der Waals surface area contributed by atoms with Gasteiger partial charge in [-0.3, -0.25) is 4.79 Å². The minimum absolute atomic E-state index is 0.0276. The van der Waals surface area contributed by atoms with Gasteiger partial charge in [-0.15, -0.1) is 0 Å².